The highest BCUT2D eigenvalue weighted by atomic mass is 19.1. The summed E-state index contributed by atoms with van der Waals surface area (Å²) in [7, 11) is 0. The van der Waals surface area contributed by atoms with Gasteiger partial charge in [-0.05, 0) is 62.7 Å². The summed E-state index contributed by atoms with van der Waals surface area (Å²) in [5.74, 6) is 2.03. The lowest BCUT2D eigenvalue weighted by molar-refractivity contribution is 0.0937. The minimum absolute atomic E-state index is 0.0378. The second-order valence-corrected chi connectivity index (χ2v) is 7.92. The number of carbonyl (C=O) groups excluding carboxylic acids is 1. The van der Waals surface area contributed by atoms with E-state index in [0.717, 1.165) is 36.4 Å². The van der Waals surface area contributed by atoms with Crippen LogP contribution in [0.2, 0.25) is 0 Å². The van der Waals surface area contributed by atoms with Gasteiger partial charge in [0.25, 0.3) is 5.91 Å². The standard InChI is InChI=1S/C25H21F3N2O3/c1-14-22(28)16(10-11-25(2,3)33)12-20(29-14)24(32)30-23(15-4-6-17(26)7-5-15)19-13-18(27)8-9-21(19)31/h4-9,12-13,23,31,33H,1-3H3,(H,30,32). The molecule has 1 amide bonds. The van der Waals surface area contributed by atoms with Gasteiger partial charge in [0, 0.05) is 5.56 Å². The van der Waals surface area contributed by atoms with Crippen molar-refractivity contribution in [3.8, 4) is 17.6 Å². The largest absolute Gasteiger partial charge is 0.508 e. The molecule has 5 nitrogen and oxygen atoms in total. The van der Waals surface area contributed by atoms with E-state index in [0.29, 0.717) is 5.56 Å². The number of pyridine rings is 1. The molecule has 0 aliphatic rings. The van der Waals surface area contributed by atoms with Crippen LogP contribution in [-0.2, 0) is 0 Å². The minimum Gasteiger partial charge on any atom is -0.508 e. The molecular formula is C25H21F3N2O3. The number of carbonyl (C=O) groups is 1. The topological polar surface area (TPSA) is 82.5 Å². The summed E-state index contributed by atoms with van der Waals surface area (Å²) in [5, 5.41) is 22.7. The lowest BCUT2D eigenvalue weighted by Gasteiger charge is -2.21. The van der Waals surface area contributed by atoms with Crippen molar-refractivity contribution in [3.05, 3.63) is 94.1 Å². The first-order valence-electron chi connectivity index (χ1n) is 9.92. The second-order valence-electron chi connectivity index (χ2n) is 7.92. The van der Waals surface area contributed by atoms with Crippen LogP contribution in [0.15, 0.2) is 48.5 Å². The molecule has 0 fully saturated rings. The van der Waals surface area contributed by atoms with Crippen LogP contribution in [0.3, 0.4) is 0 Å². The monoisotopic (exact) mass is 454 g/mol. The maximum Gasteiger partial charge on any atom is 0.270 e. The van der Waals surface area contributed by atoms with Crippen molar-refractivity contribution in [1.29, 1.82) is 0 Å². The summed E-state index contributed by atoms with van der Waals surface area (Å²) in [5.41, 5.74) is -1.38. The van der Waals surface area contributed by atoms with Crippen LogP contribution in [-0.4, -0.2) is 26.7 Å². The number of rotatable bonds is 4. The summed E-state index contributed by atoms with van der Waals surface area (Å²) in [6.07, 6.45) is 0. The van der Waals surface area contributed by atoms with Crippen molar-refractivity contribution in [2.75, 3.05) is 0 Å². The van der Waals surface area contributed by atoms with E-state index in [-0.39, 0.29) is 28.3 Å². The predicted octanol–water partition coefficient (Wildman–Crippen LogP) is 4.15. The zero-order valence-corrected chi connectivity index (χ0v) is 18.1. The zero-order chi connectivity index (χ0) is 24.3. The van der Waals surface area contributed by atoms with Crippen LogP contribution in [0.1, 0.15) is 52.8 Å². The lowest BCUT2D eigenvalue weighted by atomic mass is 9.97. The molecule has 0 aliphatic carbocycles. The molecule has 33 heavy (non-hydrogen) atoms. The number of phenolic OH excluding ortho intramolecular Hbond substituents is 1. The van der Waals surface area contributed by atoms with E-state index >= 15 is 0 Å². The van der Waals surface area contributed by atoms with Gasteiger partial charge in [-0.25, -0.2) is 18.2 Å². The highest BCUT2D eigenvalue weighted by molar-refractivity contribution is 5.93. The Kier molecular flexibility index (Phi) is 6.75. The third-order valence-electron chi connectivity index (χ3n) is 4.64. The smallest absolute Gasteiger partial charge is 0.270 e. The molecule has 8 heteroatoms. The van der Waals surface area contributed by atoms with Gasteiger partial charge in [0.05, 0.1) is 17.3 Å². The Bertz CT molecular complexity index is 1260. The van der Waals surface area contributed by atoms with Crippen LogP contribution in [0.25, 0.3) is 0 Å². The fourth-order valence-corrected chi connectivity index (χ4v) is 3.04. The first-order valence-corrected chi connectivity index (χ1v) is 9.92. The summed E-state index contributed by atoms with van der Waals surface area (Å²) in [6, 6.07) is 8.40. The fourth-order valence-electron chi connectivity index (χ4n) is 3.04. The number of aliphatic hydroxyl groups is 1. The van der Waals surface area contributed by atoms with Gasteiger partial charge in [-0.2, -0.15) is 0 Å². The van der Waals surface area contributed by atoms with Crippen LogP contribution in [0.5, 0.6) is 5.75 Å². The number of aromatic hydroxyl groups is 1. The van der Waals surface area contributed by atoms with Gasteiger partial charge in [0.2, 0.25) is 0 Å². The predicted molar refractivity (Wildman–Crippen MR) is 116 cm³/mol. The maximum atomic E-state index is 14.5. The van der Waals surface area contributed by atoms with Crippen molar-refractivity contribution >= 4 is 5.91 Å². The van der Waals surface area contributed by atoms with Crippen LogP contribution in [0, 0.1) is 36.2 Å². The van der Waals surface area contributed by atoms with Gasteiger partial charge in [-0.3, -0.25) is 4.79 Å². The van der Waals surface area contributed by atoms with Gasteiger partial charge >= 0.3 is 0 Å². The van der Waals surface area contributed by atoms with Gasteiger partial charge in [0.15, 0.2) is 5.82 Å². The molecule has 0 bridgehead atoms. The molecule has 0 spiro atoms. The number of phenols is 1. The molecule has 2 aromatic carbocycles. The van der Waals surface area contributed by atoms with E-state index in [1.807, 2.05) is 0 Å². The van der Waals surface area contributed by atoms with E-state index in [1.54, 1.807) is 0 Å². The molecule has 1 atom stereocenters. The van der Waals surface area contributed by atoms with Crippen LogP contribution >= 0.6 is 0 Å². The Labute approximate surface area is 188 Å². The Morgan fingerprint density at radius 1 is 1.06 bits per heavy atom. The molecular weight excluding hydrogens is 433 g/mol. The van der Waals surface area contributed by atoms with Gasteiger partial charge in [-0.1, -0.05) is 24.0 Å². The highest BCUT2D eigenvalue weighted by Gasteiger charge is 2.23. The number of nitrogens with one attached hydrogen (secondary N) is 1. The minimum atomic E-state index is -1.38. The highest BCUT2D eigenvalue weighted by Crippen LogP contribution is 2.30. The Hall–Kier alpha value is -3.83. The van der Waals surface area contributed by atoms with E-state index in [2.05, 4.69) is 22.1 Å². The normalized spacial score (nSPS) is 12.0. The molecule has 3 rings (SSSR count). The number of hydrogen-bond acceptors (Lipinski definition) is 4. The second kappa shape index (κ2) is 9.35. The maximum absolute atomic E-state index is 14.5. The van der Waals surface area contributed by atoms with Gasteiger partial charge < -0.3 is 15.5 Å². The van der Waals surface area contributed by atoms with Crippen molar-refractivity contribution in [2.24, 2.45) is 0 Å². The first kappa shape index (κ1) is 23.8. The summed E-state index contributed by atoms with van der Waals surface area (Å²) in [4.78, 5) is 17.0. The van der Waals surface area contributed by atoms with Crippen molar-refractivity contribution in [2.45, 2.75) is 32.4 Å². The summed E-state index contributed by atoms with van der Waals surface area (Å²) < 4.78 is 41.8. The molecule has 0 aliphatic heterocycles. The molecule has 170 valence electrons. The molecule has 1 unspecified atom stereocenters. The number of amides is 1. The van der Waals surface area contributed by atoms with E-state index in [4.69, 9.17) is 0 Å². The third kappa shape index (κ3) is 5.90. The fraction of sp³-hybridized carbons (Fsp3) is 0.200. The average Bonchev–Trinajstić information content (AvgIpc) is 2.74. The van der Waals surface area contributed by atoms with Crippen molar-refractivity contribution < 1.29 is 28.2 Å². The number of aromatic nitrogens is 1. The summed E-state index contributed by atoms with van der Waals surface area (Å²) >= 11 is 0. The van der Waals surface area contributed by atoms with E-state index in [9.17, 15) is 28.2 Å². The number of nitrogens with zero attached hydrogens (tertiary/aromatic N) is 1. The van der Waals surface area contributed by atoms with Crippen LogP contribution in [0.4, 0.5) is 13.2 Å². The first-order chi connectivity index (χ1) is 15.4. The number of hydrogen-bond donors (Lipinski definition) is 3. The van der Waals surface area contributed by atoms with Crippen molar-refractivity contribution in [3.63, 3.8) is 0 Å². The molecule has 3 N–H and O–H groups in total. The Morgan fingerprint density at radius 3 is 2.33 bits per heavy atom. The average molecular weight is 454 g/mol. The molecule has 1 aromatic heterocycles. The summed E-state index contributed by atoms with van der Waals surface area (Å²) in [6.45, 7) is 4.22. The van der Waals surface area contributed by atoms with Crippen molar-refractivity contribution in [1.82, 2.24) is 10.3 Å². The molecule has 0 saturated carbocycles. The quantitative estimate of drug-likeness (QED) is 0.517. The van der Waals surface area contributed by atoms with Gasteiger partial charge in [0.1, 0.15) is 28.7 Å². The van der Waals surface area contributed by atoms with E-state index in [1.165, 1.54) is 32.9 Å². The Morgan fingerprint density at radius 2 is 1.70 bits per heavy atom. The number of aryl methyl sites for hydroxylation is 1. The third-order valence-corrected chi connectivity index (χ3v) is 4.64. The Balaban J connectivity index is 2.04. The number of halogens is 3. The lowest BCUT2D eigenvalue weighted by Crippen LogP contribution is -2.30. The zero-order valence-electron chi connectivity index (χ0n) is 18.1. The SMILES string of the molecule is Cc1nc(C(=O)NC(c2ccc(F)cc2)c2cc(F)ccc2O)cc(C#CC(C)(C)O)c1F. The molecule has 0 saturated heterocycles. The molecule has 1 heterocycles. The van der Waals surface area contributed by atoms with E-state index < -0.39 is 35.0 Å². The molecule has 3 aromatic rings. The molecule has 0 radical (unpaired) electrons. The number of benzene rings is 2. The van der Waals surface area contributed by atoms with Gasteiger partial charge in [-0.15, -0.1) is 0 Å². The van der Waals surface area contributed by atoms with Crippen LogP contribution < -0.4 is 5.32 Å².